The highest BCUT2D eigenvalue weighted by molar-refractivity contribution is 5.81. The molecule has 17 heavy (non-hydrogen) atoms. The summed E-state index contributed by atoms with van der Waals surface area (Å²) >= 11 is 0. The highest BCUT2D eigenvalue weighted by atomic mass is 16.5. The first-order valence-corrected chi connectivity index (χ1v) is 5.95. The second-order valence-electron chi connectivity index (χ2n) is 4.26. The monoisotopic (exact) mass is 234 g/mol. The summed E-state index contributed by atoms with van der Waals surface area (Å²) in [6.45, 7) is 3.02. The Morgan fingerprint density at radius 2 is 2.18 bits per heavy atom. The fraction of sp³-hybridized carbons (Fsp3) is 0.462. The van der Waals surface area contributed by atoms with Crippen molar-refractivity contribution in [2.45, 2.75) is 25.5 Å². The molecule has 92 valence electrons. The summed E-state index contributed by atoms with van der Waals surface area (Å²) in [6.07, 6.45) is 1.02. The van der Waals surface area contributed by atoms with Gasteiger partial charge < -0.3 is 15.4 Å². The third-order valence-electron chi connectivity index (χ3n) is 2.95. The molecule has 1 amide bonds. The van der Waals surface area contributed by atoms with E-state index in [1.165, 1.54) is 0 Å². The lowest BCUT2D eigenvalue weighted by Crippen LogP contribution is -2.41. The Hall–Kier alpha value is -1.55. The van der Waals surface area contributed by atoms with Crippen LogP contribution in [0.5, 0.6) is 0 Å². The molecule has 2 atom stereocenters. The van der Waals surface area contributed by atoms with E-state index < -0.39 is 0 Å². The summed E-state index contributed by atoms with van der Waals surface area (Å²) in [4.78, 5) is 11.7. The molecule has 0 radical (unpaired) electrons. The summed E-state index contributed by atoms with van der Waals surface area (Å²) in [7, 11) is 0. The average Bonchev–Trinajstić information content (AvgIpc) is 2.74. The Bertz CT molecular complexity index is 367. The van der Waals surface area contributed by atoms with E-state index in [1.54, 1.807) is 0 Å². The molecular formula is C13H18N2O2. The number of carbonyl (C=O) groups excluding carboxylic acids is 1. The van der Waals surface area contributed by atoms with Gasteiger partial charge in [0.15, 0.2) is 0 Å². The summed E-state index contributed by atoms with van der Waals surface area (Å²) in [6, 6.07) is 9.85. The quantitative estimate of drug-likeness (QED) is 0.827. The van der Waals surface area contributed by atoms with Gasteiger partial charge >= 0.3 is 0 Å². The number of ether oxygens (including phenoxy) is 1. The number of hydrogen-bond acceptors (Lipinski definition) is 3. The second kappa shape index (κ2) is 5.68. The minimum Gasteiger partial charge on any atom is -0.376 e. The molecule has 1 saturated heterocycles. The predicted molar refractivity (Wildman–Crippen MR) is 66.9 cm³/mol. The van der Waals surface area contributed by atoms with Crippen LogP contribution in [0.4, 0.5) is 5.69 Å². The minimum atomic E-state index is 0.0104. The maximum Gasteiger partial charge on any atom is 0.239 e. The molecule has 1 aliphatic rings. The van der Waals surface area contributed by atoms with Gasteiger partial charge in [0.05, 0.1) is 18.7 Å². The summed E-state index contributed by atoms with van der Waals surface area (Å²) < 4.78 is 5.39. The van der Waals surface area contributed by atoms with Gasteiger partial charge in [-0.1, -0.05) is 18.2 Å². The molecule has 0 aromatic heterocycles. The Labute approximate surface area is 101 Å². The molecular weight excluding hydrogens is 216 g/mol. The van der Waals surface area contributed by atoms with E-state index in [1.807, 2.05) is 37.3 Å². The first-order chi connectivity index (χ1) is 8.25. The van der Waals surface area contributed by atoms with Gasteiger partial charge in [-0.05, 0) is 25.5 Å². The van der Waals surface area contributed by atoms with Crippen LogP contribution in [-0.4, -0.2) is 31.2 Å². The molecule has 4 nitrogen and oxygen atoms in total. The largest absolute Gasteiger partial charge is 0.376 e. The van der Waals surface area contributed by atoms with E-state index in [2.05, 4.69) is 10.6 Å². The van der Waals surface area contributed by atoms with Crippen LogP contribution in [0.25, 0.3) is 0 Å². The first kappa shape index (κ1) is 11.9. The van der Waals surface area contributed by atoms with E-state index in [-0.39, 0.29) is 18.1 Å². The van der Waals surface area contributed by atoms with Crippen molar-refractivity contribution in [2.24, 2.45) is 0 Å². The standard InChI is InChI=1S/C13H18N2O2/c1-10-12(7-8-17-10)15-13(16)9-14-11-5-3-2-4-6-11/h2-6,10,12,14H,7-9H2,1H3,(H,15,16). The Balaban J connectivity index is 1.74. The van der Waals surface area contributed by atoms with Crippen LogP contribution >= 0.6 is 0 Å². The van der Waals surface area contributed by atoms with Gasteiger partial charge in [-0.15, -0.1) is 0 Å². The maximum atomic E-state index is 11.7. The second-order valence-corrected chi connectivity index (χ2v) is 4.26. The topological polar surface area (TPSA) is 50.4 Å². The van der Waals surface area contributed by atoms with Crippen molar-refractivity contribution in [2.75, 3.05) is 18.5 Å². The zero-order chi connectivity index (χ0) is 12.1. The zero-order valence-electron chi connectivity index (χ0n) is 9.98. The SMILES string of the molecule is CC1OCCC1NC(=O)CNc1ccccc1. The van der Waals surface area contributed by atoms with Gasteiger partial charge in [0.2, 0.25) is 5.91 Å². The fourth-order valence-electron chi connectivity index (χ4n) is 1.92. The minimum absolute atomic E-state index is 0.0104. The third-order valence-corrected chi connectivity index (χ3v) is 2.95. The highest BCUT2D eigenvalue weighted by Gasteiger charge is 2.25. The normalized spacial score (nSPS) is 23.4. The van der Waals surface area contributed by atoms with Crippen molar-refractivity contribution in [3.05, 3.63) is 30.3 Å². The number of carbonyl (C=O) groups is 1. The molecule has 0 bridgehead atoms. The summed E-state index contributed by atoms with van der Waals surface area (Å²) in [5.74, 6) is 0.0104. The predicted octanol–water partition coefficient (Wildman–Crippen LogP) is 1.39. The van der Waals surface area contributed by atoms with Gasteiger partial charge in [-0.25, -0.2) is 0 Å². The van der Waals surface area contributed by atoms with Gasteiger partial charge in [0, 0.05) is 12.3 Å². The molecule has 0 saturated carbocycles. The number of hydrogen-bond donors (Lipinski definition) is 2. The van der Waals surface area contributed by atoms with Gasteiger partial charge in [0.1, 0.15) is 0 Å². The summed E-state index contributed by atoms with van der Waals surface area (Å²) in [5, 5.41) is 6.05. The molecule has 0 aliphatic carbocycles. The van der Waals surface area contributed by atoms with Crippen molar-refractivity contribution in [1.29, 1.82) is 0 Å². The molecule has 4 heteroatoms. The number of anilines is 1. The van der Waals surface area contributed by atoms with Crippen LogP contribution in [-0.2, 0) is 9.53 Å². The van der Waals surface area contributed by atoms with Crippen LogP contribution < -0.4 is 10.6 Å². The number of amides is 1. The van der Waals surface area contributed by atoms with Gasteiger partial charge in [-0.3, -0.25) is 4.79 Å². The van der Waals surface area contributed by atoms with Crippen molar-refractivity contribution >= 4 is 11.6 Å². The van der Waals surface area contributed by atoms with E-state index in [4.69, 9.17) is 4.74 Å². The van der Waals surface area contributed by atoms with Crippen LogP contribution in [0.2, 0.25) is 0 Å². The van der Waals surface area contributed by atoms with Crippen LogP contribution in [0.3, 0.4) is 0 Å². The molecule has 2 N–H and O–H groups in total. The van der Waals surface area contributed by atoms with Crippen LogP contribution in [0.15, 0.2) is 30.3 Å². The number of nitrogens with one attached hydrogen (secondary N) is 2. The third kappa shape index (κ3) is 3.46. The first-order valence-electron chi connectivity index (χ1n) is 5.95. The number of para-hydroxylation sites is 1. The van der Waals surface area contributed by atoms with Gasteiger partial charge in [-0.2, -0.15) is 0 Å². The number of benzene rings is 1. The zero-order valence-corrected chi connectivity index (χ0v) is 9.98. The van der Waals surface area contributed by atoms with Crippen molar-refractivity contribution in [3.63, 3.8) is 0 Å². The molecule has 2 rings (SSSR count). The lowest BCUT2D eigenvalue weighted by molar-refractivity contribution is -0.120. The molecule has 1 aliphatic heterocycles. The molecule has 1 heterocycles. The Morgan fingerprint density at radius 1 is 1.41 bits per heavy atom. The average molecular weight is 234 g/mol. The Morgan fingerprint density at radius 3 is 2.82 bits per heavy atom. The van der Waals surface area contributed by atoms with E-state index in [0.717, 1.165) is 18.7 Å². The van der Waals surface area contributed by atoms with Crippen molar-refractivity contribution in [3.8, 4) is 0 Å². The van der Waals surface area contributed by atoms with E-state index in [9.17, 15) is 4.79 Å². The fourth-order valence-corrected chi connectivity index (χ4v) is 1.92. The molecule has 1 aromatic rings. The number of rotatable bonds is 4. The van der Waals surface area contributed by atoms with E-state index in [0.29, 0.717) is 6.54 Å². The molecule has 2 unspecified atom stereocenters. The maximum absolute atomic E-state index is 11.7. The summed E-state index contributed by atoms with van der Waals surface area (Å²) in [5.41, 5.74) is 0.957. The lowest BCUT2D eigenvalue weighted by Gasteiger charge is -2.16. The highest BCUT2D eigenvalue weighted by Crippen LogP contribution is 2.12. The van der Waals surface area contributed by atoms with Crippen molar-refractivity contribution in [1.82, 2.24) is 5.32 Å². The van der Waals surface area contributed by atoms with Crippen molar-refractivity contribution < 1.29 is 9.53 Å². The smallest absolute Gasteiger partial charge is 0.239 e. The van der Waals surface area contributed by atoms with Crippen LogP contribution in [0.1, 0.15) is 13.3 Å². The molecule has 1 fully saturated rings. The lowest BCUT2D eigenvalue weighted by atomic mass is 10.1. The van der Waals surface area contributed by atoms with E-state index >= 15 is 0 Å². The van der Waals surface area contributed by atoms with Gasteiger partial charge in [0.25, 0.3) is 0 Å². The molecule has 1 aromatic carbocycles. The molecule has 0 spiro atoms. The van der Waals surface area contributed by atoms with Crippen LogP contribution in [0, 0.1) is 0 Å². The Kier molecular flexibility index (Phi) is 3.98.